The average molecular weight is 505 g/mol. The van der Waals surface area contributed by atoms with Gasteiger partial charge in [0.05, 0.1) is 17.7 Å². The highest BCUT2D eigenvalue weighted by Gasteiger charge is 2.21. The minimum Gasteiger partial charge on any atom is -0.465 e. The first-order valence-electron chi connectivity index (χ1n) is 12.2. The molecular formula is C28H29ClN4O3. The van der Waals surface area contributed by atoms with E-state index in [1.54, 1.807) is 17.7 Å². The summed E-state index contributed by atoms with van der Waals surface area (Å²) >= 11 is 6.27. The lowest BCUT2D eigenvalue weighted by Crippen LogP contribution is -2.47. The number of hydrogen-bond donors (Lipinski definition) is 0. The summed E-state index contributed by atoms with van der Waals surface area (Å²) in [6.07, 6.45) is 10.2. The molecule has 36 heavy (non-hydrogen) atoms. The minimum absolute atomic E-state index is 0.345. The molecule has 1 saturated heterocycles. The maximum Gasteiger partial charge on any atom is 0.339 e. The van der Waals surface area contributed by atoms with Crippen molar-refractivity contribution in [1.29, 1.82) is 0 Å². The molecule has 2 heterocycles. The fourth-order valence-corrected chi connectivity index (χ4v) is 4.83. The van der Waals surface area contributed by atoms with E-state index in [0.29, 0.717) is 22.4 Å². The van der Waals surface area contributed by atoms with Crippen LogP contribution < -0.4 is 4.90 Å². The summed E-state index contributed by atoms with van der Waals surface area (Å²) in [5.41, 5.74) is 4.61. The largest absolute Gasteiger partial charge is 0.465 e. The van der Waals surface area contributed by atoms with Gasteiger partial charge in [0, 0.05) is 38.3 Å². The summed E-state index contributed by atoms with van der Waals surface area (Å²) in [6.45, 7) is 4.88. The number of anilines is 1. The van der Waals surface area contributed by atoms with E-state index in [4.69, 9.17) is 20.9 Å². The molecule has 0 N–H and O–H groups in total. The van der Waals surface area contributed by atoms with E-state index in [9.17, 15) is 4.79 Å². The van der Waals surface area contributed by atoms with Crippen LogP contribution in [-0.2, 0) is 4.74 Å². The van der Waals surface area contributed by atoms with Crippen LogP contribution in [0.15, 0.2) is 70.8 Å². The smallest absolute Gasteiger partial charge is 0.339 e. The third-order valence-corrected chi connectivity index (χ3v) is 7.07. The van der Waals surface area contributed by atoms with Gasteiger partial charge < -0.3 is 14.2 Å². The van der Waals surface area contributed by atoms with Crippen LogP contribution in [0.5, 0.6) is 0 Å². The first-order chi connectivity index (χ1) is 17.6. The highest BCUT2D eigenvalue weighted by atomic mass is 35.5. The molecular weight excluding hydrogens is 476 g/mol. The number of methoxy groups -OCH3 is 1. The second-order valence-corrected chi connectivity index (χ2v) is 9.44. The van der Waals surface area contributed by atoms with Gasteiger partial charge in [-0.05, 0) is 59.8 Å². The molecule has 2 aromatic carbocycles. The third-order valence-electron chi connectivity index (χ3n) is 6.76. The van der Waals surface area contributed by atoms with Gasteiger partial charge in [-0.25, -0.2) is 4.79 Å². The van der Waals surface area contributed by atoms with Crippen molar-refractivity contribution in [2.75, 3.05) is 44.7 Å². The topological polar surface area (TPSA) is 71.7 Å². The Labute approximate surface area is 216 Å². The lowest BCUT2D eigenvalue weighted by molar-refractivity contribution is 0.0601. The van der Waals surface area contributed by atoms with Gasteiger partial charge in [-0.1, -0.05) is 53.6 Å². The van der Waals surface area contributed by atoms with Crippen LogP contribution in [-0.4, -0.2) is 60.8 Å². The molecule has 0 radical (unpaired) electrons. The van der Waals surface area contributed by atoms with Crippen molar-refractivity contribution in [2.24, 2.45) is 0 Å². The molecule has 5 rings (SSSR count). The van der Waals surface area contributed by atoms with Crippen molar-refractivity contribution >= 4 is 23.5 Å². The Bertz CT molecular complexity index is 1270. The lowest BCUT2D eigenvalue weighted by atomic mass is 10.0. The number of benzene rings is 2. The zero-order valence-electron chi connectivity index (χ0n) is 20.3. The highest BCUT2D eigenvalue weighted by molar-refractivity contribution is 6.33. The van der Waals surface area contributed by atoms with E-state index in [2.05, 4.69) is 38.2 Å². The number of allylic oxidation sites excluding steroid dienone is 3. The van der Waals surface area contributed by atoms with E-state index >= 15 is 0 Å². The van der Waals surface area contributed by atoms with Gasteiger partial charge >= 0.3 is 5.97 Å². The number of hydrogen-bond acceptors (Lipinski definition) is 7. The number of halogens is 1. The van der Waals surface area contributed by atoms with E-state index < -0.39 is 5.97 Å². The van der Waals surface area contributed by atoms with E-state index in [0.717, 1.165) is 55.8 Å². The second-order valence-electron chi connectivity index (χ2n) is 9.03. The molecule has 1 fully saturated rings. The highest BCUT2D eigenvalue weighted by Crippen LogP contribution is 2.29. The molecule has 3 aromatic rings. The van der Waals surface area contributed by atoms with Crippen LogP contribution in [0.4, 0.5) is 5.95 Å². The van der Waals surface area contributed by atoms with Gasteiger partial charge in [0.2, 0.25) is 0 Å². The summed E-state index contributed by atoms with van der Waals surface area (Å²) < 4.78 is 10.3. The van der Waals surface area contributed by atoms with Crippen LogP contribution in [0, 0.1) is 0 Å². The van der Waals surface area contributed by atoms with Gasteiger partial charge in [0.15, 0.2) is 0 Å². The summed E-state index contributed by atoms with van der Waals surface area (Å²) in [5, 5.41) is 4.59. The molecule has 0 atom stereocenters. The van der Waals surface area contributed by atoms with Crippen molar-refractivity contribution < 1.29 is 14.1 Å². The fourth-order valence-electron chi connectivity index (χ4n) is 4.57. The number of rotatable bonds is 7. The molecule has 0 amide bonds. The Balaban J connectivity index is 1.18. The van der Waals surface area contributed by atoms with E-state index in [-0.39, 0.29) is 0 Å². The number of ether oxygens (including phenoxy) is 1. The zero-order valence-corrected chi connectivity index (χ0v) is 21.1. The molecule has 0 bridgehead atoms. The Kier molecular flexibility index (Phi) is 7.49. The van der Waals surface area contributed by atoms with Crippen LogP contribution in [0.3, 0.4) is 0 Å². The van der Waals surface area contributed by atoms with Crippen LogP contribution in [0.25, 0.3) is 22.6 Å². The summed E-state index contributed by atoms with van der Waals surface area (Å²) in [4.78, 5) is 21.1. The van der Waals surface area contributed by atoms with Crippen molar-refractivity contribution in [1.82, 2.24) is 15.0 Å². The molecule has 1 aliphatic carbocycles. The zero-order chi connectivity index (χ0) is 24.9. The Morgan fingerprint density at radius 3 is 2.50 bits per heavy atom. The van der Waals surface area contributed by atoms with Crippen molar-refractivity contribution in [3.05, 3.63) is 76.9 Å². The number of carbonyl (C=O) groups is 1. The molecule has 2 aliphatic rings. The molecule has 1 aromatic heterocycles. The molecule has 1 aliphatic heterocycles. The first-order valence-corrected chi connectivity index (χ1v) is 12.6. The molecule has 7 nitrogen and oxygen atoms in total. The minimum atomic E-state index is -0.453. The van der Waals surface area contributed by atoms with Crippen LogP contribution in [0.1, 0.15) is 29.6 Å². The first kappa shape index (κ1) is 24.3. The number of aromatic nitrogens is 2. The van der Waals surface area contributed by atoms with Gasteiger partial charge in [-0.15, -0.1) is 0 Å². The van der Waals surface area contributed by atoms with E-state index in [1.165, 1.54) is 20.0 Å². The van der Waals surface area contributed by atoms with Gasteiger partial charge in [0.25, 0.3) is 11.8 Å². The molecule has 8 heteroatoms. The number of piperazine rings is 1. The van der Waals surface area contributed by atoms with Crippen molar-refractivity contribution in [3.8, 4) is 22.6 Å². The third kappa shape index (κ3) is 5.53. The second kappa shape index (κ2) is 11.1. The standard InChI is InChI=1S/C28H29ClN4O3/c1-35-27(34)24-12-11-23(19-25(24)29)21-7-9-22(10-8-21)26-30-28(31-36-26)33-17-15-32(16-18-33)14-13-20-5-3-2-4-6-20/h2-3,5,7-12,19H,4,6,13-18H2,1H3. The summed E-state index contributed by atoms with van der Waals surface area (Å²) in [7, 11) is 1.34. The maximum atomic E-state index is 11.8. The van der Waals surface area contributed by atoms with Crippen LogP contribution in [0.2, 0.25) is 5.02 Å². The number of carbonyl (C=O) groups excluding carboxylic acids is 1. The molecule has 0 unspecified atom stereocenters. The Hall–Kier alpha value is -3.42. The quantitative estimate of drug-likeness (QED) is 0.386. The summed E-state index contributed by atoms with van der Waals surface area (Å²) in [6, 6.07) is 13.1. The predicted octanol–water partition coefficient (Wildman–Crippen LogP) is 5.63. The maximum absolute atomic E-state index is 11.8. The number of esters is 1. The van der Waals surface area contributed by atoms with Crippen LogP contribution >= 0.6 is 11.6 Å². The van der Waals surface area contributed by atoms with Gasteiger partial charge in [-0.3, -0.25) is 4.90 Å². The average Bonchev–Trinajstić information content (AvgIpc) is 3.43. The van der Waals surface area contributed by atoms with Crippen molar-refractivity contribution in [3.63, 3.8) is 0 Å². The lowest BCUT2D eigenvalue weighted by Gasteiger charge is -2.34. The normalized spacial score (nSPS) is 16.2. The van der Waals surface area contributed by atoms with Gasteiger partial charge in [0.1, 0.15) is 0 Å². The summed E-state index contributed by atoms with van der Waals surface area (Å²) in [5.74, 6) is 0.680. The Morgan fingerprint density at radius 1 is 1.06 bits per heavy atom. The Morgan fingerprint density at radius 2 is 1.81 bits per heavy atom. The molecule has 0 saturated carbocycles. The molecule has 186 valence electrons. The van der Waals surface area contributed by atoms with Gasteiger partial charge in [-0.2, -0.15) is 4.98 Å². The monoisotopic (exact) mass is 504 g/mol. The predicted molar refractivity (Wildman–Crippen MR) is 141 cm³/mol. The SMILES string of the molecule is COC(=O)c1ccc(-c2ccc(-c3nc(N4CCN(CCC5=CC=CCC5)CC4)no3)cc2)cc1Cl. The fraction of sp³-hybridized carbons (Fsp3) is 0.321. The van der Waals surface area contributed by atoms with E-state index in [1.807, 2.05) is 30.3 Å². The number of nitrogens with zero attached hydrogens (tertiary/aromatic N) is 4. The molecule has 0 spiro atoms. The van der Waals surface area contributed by atoms with Crippen molar-refractivity contribution in [2.45, 2.75) is 19.3 Å².